The van der Waals surface area contributed by atoms with Gasteiger partial charge in [0.15, 0.2) is 0 Å². The van der Waals surface area contributed by atoms with Crippen molar-refractivity contribution in [2.45, 2.75) is 12.8 Å². The van der Waals surface area contributed by atoms with Crippen LogP contribution in [0.3, 0.4) is 0 Å². The molecule has 2 rings (SSSR count). The van der Waals surface area contributed by atoms with Crippen LogP contribution in [0.25, 0.3) is 10.4 Å². The van der Waals surface area contributed by atoms with Crippen LogP contribution in [-0.2, 0) is 6.42 Å². The van der Waals surface area contributed by atoms with Crippen molar-refractivity contribution < 1.29 is 0 Å². The van der Waals surface area contributed by atoms with E-state index in [9.17, 15) is 0 Å². The standard InChI is InChI=1S/C11H14N4/c12-14-13-7-9-15-8-3-5-10-4-1-2-6-11(10)15/h1-2,4,6H,3,5,7-9H2. The van der Waals surface area contributed by atoms with Gasteiger partial charge in [0.2, 0.25) is 0 Å². The first-order valence-corrected chi connectivity index (χ1v) is 5.25. The Balaban J connectivity index is 2.11. The minimum absolute atomic E-state index is 0.546. The lowest BCUT2D eigenvalue weighted by Crippen LogP contribution is -2.31. The molecule has 0 atom stereocenters. The van der Waals surface area contributed by atoms with Crippen molar-refractivity contribution in [3.63, 3.8) is 0 Å². The average molecular weight is 202 g/mol. The summed E-state index contributed by atoms with van der Waals surface area (Å²) in [7, 11) is 0. The Labute approximate surface area is 89.1 Å². The first-order chi connectivity index (χ1) is 7.42. The topological polar surface area (TPSA) is 52.0 Å². The lowest BCUT2D eigenvalue weighted by atomic mass is 10.0. The van der Waals surface area contributed by atoms with Crippen molar-refractivity contribution in [1.29, 1.82) is 0 Å². The highest BCUT2D eigenvalue weighted by Crippen LogP contribution is 2.25. The van der Waals surface area contributed by atoms with Crippen molar-refractivity contribution in [3.8, 4) is 0 Å². The van der Waals surface area contributed by atoms with E-state index in [1.165, 1.54) is 17.7 Å². The molecule has 1 heterocycles. The van der Waals surface area contributed by atoms with Gasteiger partial charge in [0.1, 0.15) is 0 Å². The number of benzene rings is 1. The van der Waals surface area contributed by atoms with Gasteiger partial charge in [0, 0.05) is 30.2 Å². The summed E-state index contributed by atoms with van der Waals surface area (Å²) >= 11 is 0. The van der Waals surface area contributed by atoms with Crippen LogP contribution in [0.4, 0.5) is 5.69 Å². The van der Waals surface area contributed by atoms with Gasteiger partial charge in [0.05, 0.1) is 0 Å². The van der Waals surface area contributed by atoms with Crippen molar-refractivity contribution >= 4 is 5.69 Å². The molecule has 15 heavy (non-hydrogen) atoms. The van der Waals surface area contributed by atoms with E-state index in [1.807, 2.05) is 0 Å². The van der Waals surface area contributed by atoms with Crippen LogP contribution in [-0.4, -0.2) is 19.6 Å². The van der Waals surface area contributed by atoms with Crippen LogP contribution in [0.5, 0.6) is 0 Å². The molecule has 0 saturated carbocycles. The van der Waals surface area contributed by atoms with Gasteiger partial charge >= 0.3 is 0 Å². The molecule has 0 spiro atoms. The van der Waals surface area contributed by atoms with Crippen molar-refractivity contribution in [1.82, 2.24) is 0 Å². The third-order valence-corrected chi connectivity index (χ3v) is 2.74. The molecular formula is C11H14N4. The molecular weight excluding hydrogens is 188 g/mol. The summed E-state index contributed by atoms with van der Waals surface area (Å²) < 4.78 is 0. The molecule has 78 valence electrons. The second kappa shape index (κ2) is 4.71. The van der Waals surface area contributed by atoms with E-state index < -0.39 is 0 Å². The fraction of sp³-hybridized carbons (Fsp3) is 0.455. The van der Waals surface area contributed by atoms with E-state index in [-0.39, 0.29) is 0 Å². The lowest BCUT2D eigenvalue weighted by Gasteiger charge is -2.30. The van der Waals surface area contributed by atoms with Crippen molar-refractivity contribution in [2.75, 3.05) is 24.5 Å². The molecule has 0 unspecified atom stereocenters. The first kappa shape index (κ1) is 9.87. The maximum atomic E-state index is 8.23. The van der Waals surface area contributed by atoms with Crippen LogP contribution in [0.1, 0.15) is 12.0 Å². The smallest absolute Gasteiger partial charge is 0.0434 e. The van der Waals surface area contributed by atoms with Gasteiger partial charge in [-0.1, -0.05) is 23.3 Å². The Hall–Kier alpha value is -1.67. The SMILES string of the molecule is [N-]=[N+]=NCCN1CCCc2ccccc21. The summed E-state index contributed by atoms with van der Waals surface area (Å²) in [6.07, 6.45) is 2.35. The van der Waals surface area contributed by atoms with Crippen LogP contribution >= 0.6 is 0 Å². The summed E-state index contributed by atoms with van der Waals surface area (Å²) in [5, 5.41) is 3.58. The van der Waals surface area contributed by atoms with Crippen LogP contribution in [0, 0.1) is 0 Å². The molecule has 0 amide bonds. The molecule has 0 radical (unpaired) electrons. The third-order valence-electron chi connectivity index (χ3n) is 2.74. The lowest BCUT2D eigenvalue weighted by molar-refractivity contribution is 0.691. The van der Waals surface area contributed by atoms with Gasteiger partial charge in [-0.3, -0.25) is 0 Å². The Morgan fingerprint density at radius 2 is 2.27 bits per heavy atom. The van der Waals surface area contributed by atoms with E-state index in [1.54, 1.807) is 0 Å². The zero-order chi connectivity index (χ0) is 10.5. The first-order valence-electron chi connectivity index (χ1n) is 5.25. The van der Waals surface area contributed by atoms with Gasteiger partial charge in [0.25, 0.3) is 0 Å². The summed E-state index contributed by atoms with van der Waals surface area (Å²) in [5.74, 6) is 0. The number of azide groups is 1. The Kier molecular flexibility index (Phi) is 3.10. The predicted octanol–water partition coefficient (Wildman–Crippen LogP) is 2.75. The van der Waals surface area contributed by atoms with E-state index >= 15 is 0 Å². The maximum absolute atomic E-state index is 8.23. The van der Waals surface area contributed by atoms with Gasteiger partial charge in [-0.2, -0.15) is 0 Å². The monoisotopic (exact) mass is 202 g/mol. The fourth-order valence-corrected chi connectivity index (χ4v) is 2.05. The van der Waals surface area contributed by atoms with E-state index in [4.69, 9.17) is 5.53 Å². The molecule has 1 aliphatic rings. The molecule has 0 N–H and O–H groups in total. The minimum Gasteiger partial charge on any atom is -0.371 e. The van der Waals surface area contributed by atoms with Crippen LogP contribution < -0.4 is 4.90 Å². The summed E-state index contributed by atoms with van der Waals surface area (Å²) in [4.78, 5) is 5.07. The van der Waals surface area contributed by atoms with Crippen LogP contribution in [0.2, 0.25) is 0 Å². The Bertz CT molecular complexity index is 382. The minimum atomic E-state index is 0.546. The zero-order valence-electron chi connectivity index (χ0n) is 8.63. The van der Waals surface area contributed by atoms with Gasteiger partial charge < -0.3 is 4.90 Å². The molecule has 1 aliphatic heterocycles. The Morgan fingerprint density at radius 1 is 1.40 bits per heavy atom. The highest BCUT2D eigenvalue weighted by Gasteiger charge is 2.14. The molecule has 0 aromatic heterocycles. The maximum Gasteiger partial charge on any atom is 0.0434 e. The zero-order valence-corrected chi connectivity index (χ0v) is 8.63. The highest BCUT2D eigenvalue weighted by molar-refractivity contribution is 5.55. The summed E-state index contributed by atoms with van der Waals surface area (Å²) in [6, 6.07) is 8.46. The molecule has 0 saturated heterocycles. The molecule has 4 nitrogen and oxygen atoms in total. The molecule has 1 aromatic carbocycles. The predicted molar refractivity (Wildman–Crippen MR) is 61.0 cm³/mol. The van der Waals surface area contributed by atoms with Gasteiger partial charge in [-0.25, -0.2) is 0 Å². The number of rotatable bonds is 3. The molecule has 4 heteroatoms. The highest BCUT2D eigenvalue weighted by atomic mass is 15.2. The van der Waals surface area contributed by atoms with Crippen molar-refractivity contribution in [2.24, 2.45) is 5.11 Å². The summed E-state index contributed by atoms with van der Waals surface area (Å²) in [6.45, 7) is 2.43. The van der Waals surface area contributed by atoms with E-state index in [0.29, 0.717) is 6.54 Å². The van der Waals surface area contributed by atoms with Gasteiger partial charge in [-0.15, -0.1) is 0 Å². The Morgan fingerprint density at radius 3 is 3.13 bits per heavy atom. The number of nitrogens with zero attached hydrogens (tertiary/aromatic N) is 4. The number of fused-ring (bicyclic) bond motifs is 1. The van der Waals surface area contributed by atoms with Crippen LogP contribution in [0.15, 0.2) is 29.4 Å². The van der Waals surface area contributed by atoms with E-state index in [0.717, 1.165) is 19.5 Å². The molecule has 0 fully saturated rings. The fourth-order valence-electron chi connectivity index (χ4n) is 2.05. The molecule has 0 bridgehead atoms. The van der Waals surface area contributed by atoms with Gasteiger partial charge in [-0.05, 0) is 30.0 Å². The average Bonchev–Trinajstić information content (AvgIpc) is 2.30. The quantitative estimate of drug-likeness (QED) is 0.422. The van der Waals surface area contributed by atoms with Crippen molar-refractivity contribution in [3.05, 3.63) is 40.3 Å². The largest absolute Gasteiger partial charge is 0.371 e. The number of hydrogen-bond donors (Lipinski definition) is 0. The molecule has 1 aromatic rings. The second-order valence-corrected chi connectivity index (χ2v) is 3.67. The number of para-hydroxylation sites is 1. The summed E-state index contributed by atoms with van der Waals surface area (Å²) in [5.41, 5.74) is 10.9. The number of aryl methyl sites for hydroxylation is 1. The second-order valence-electron chi connectivity index (χ2n) is 3.67. The number of hydrogen-bond acceptors (Lipinski definition) is 2. The number of anilines is 1. The molecule has 0 aliphatic carbocycles. The van der Waals surface area contributed by atoms with E-state index in [2.05, 4.69) is 39.2 Å². The third kappa shape index (κ3) is 2.22. The normalized spacial score (nSPS) is 14.3.